The molecule has 1 amide bonds. The molecule has 0 saturated carbocycles. The van der Waals surface area contributed by atoms with Crippen molar-refractivity contribution in [3.63, 3.8) is 0 Å². The number of nitrogens with zero attached hydrogens (tertiary/aromatic N) is 2. The maximum atomic E-state index is 11.7. The maximum absolute atomic E-state index is 11.7. The number of nitrogens with one attached hydrogen (secondary N) is 2. The summed E-state index contributed by atoms with van der Waals surface area (Å²) in [6.45, 7) is 1.94. The molecular weight excluding hydrogens is 232 g/mol. The van der Waals surface area contributed by atoms with E-state index in [9.17, 15) is 4.79 Å². The molecule has 0 bridgehead atoms. The Morgan fingerprint density at radius 1 is 1.75 bits per heavy atom. The summed E-state index contributed by atoms with van der Waals surface area (Å²) in [7, 11) is 1.80. The number of rotatable bonds is 2. The average molecular weight is 247 g/mol. The highest BCUT2D eigenvalue weighted by molar-refractivity contribution is 5.94. The van der Waals surface area contributed by atoms with Gasteiger partial charge >= 0.3 is 0 Å². The van der Waals surface area contributed by atoms with Gasteiger partial charge in [0.05, 0.1) is 18.5 Å². The van der Waals surface area contributed by atoms with Gasteiger partial charge in [0.25, 0.3) is 5.91 Å². The second-order valence-corrected chi connectivity index (χ2v) is 3.46. The predicted octanol–water partition coefficient (Wildman–Crippen LogP) is -0.231. The third-order valence-electron chi connectivity index (χ3n) is 2.19. The minimum atomic E-state index is -0.404. The lowest BCUT2D eigenvalue weighted by Crippen LogP contribution is -2.45. The first-order valence-corrected chi connectivity index (χ1v) is 4.87. The molecule has 90 valence electrons. The second-order valence-electron chi connectivity index (χ2n) is 3.46. The second kappa shape index (κ2) is 5.83. The minimum absolute atomic E-state index is 0. The van der Waals surface area contributed by atoms with Gasteiger partial charge in [-0.25, -0.2) is 0 Å². The number of amides is 1. The SMILES string of the molecule is Cl.Cn1cc(NC(=O)[C@H]2CNCCO2)cn1. The van der Waals surface area contributed by atoms with Gasteiger partial charge in [0.1, 0.15) is 6.10 Å². The van der Waals surface area contributed by atoms with E-state index in [2.05, 4.69) is 15.7 Å². The van der Waals surface area contributed by atoms with Crippen LogP contribution in [0, 0.1) is 0 Å². The van der Waals surface area contributed by atoms with Gasteiger partial charge in [0.2, 0.25) is 0 Å². The topological polar surface area (TPSA) is 68.2 Å². The van der Waals surface area contributed by atoms with Gasteiger partial charge in [-0.15, -0.1) is 12.4 Å². The van der Waals surface area contributed by atoms with Crippen molar-refractivity contribution in [2.24, 2.45) is 7.05 Å². The molecule has 1 aromatic heterocycles. The molecule has 7 heteroatoms. The van der Waals surface area contributed by atoms with E-state index in [4.69, 9.17) is 4.74 Å². The normalized spacial score (nSPS) is 19.9. The fourth-order valence-electron chi connectivity index (χ4n) is 1.44. The molecular formula is C9H15ClN4O2. The number of aromatic nitrogens is 2. The fraction of sp³-hybridized carbons (Fsp3) is 0.556. The molecule has 1 aliphatic rings. The van der Waals surface area contributed by atoms with E-state index in [-0.39, 0.29) is 18.3 Å². The summed E-state index contributed by atoms with van der Waals surface area (Å²) in [5.74, 6) is -0.129. The van der Waals surface area contributed by atoms with Crippen molar-refractivity contribution < 1.29 is 9.53 Å². The number of anilines is 1. The van der Waals surface area contributed by atoms with Crippen molar-refractivity contribution in [2.45, 2.75) is 6.10 Å². The smallest absolute Gasteiger partial charge is 0.254 e. The Morgan fingerprint density at radius 3 is 3.12 bits per heavy atom. The molecule has 2 N–H and O–H groups in total. The Labute approximate surface area is 99.8 Å². The number of hydrogen-bond acceptors (Lipinski definition) is 4. The summed E-state index contributed by atoms with van der Waals surface area (Å²) in [5.41, 5.74) is 0.691. The van der Waals surface area contributed by atoms with Gasteiger partial charge in [-0.2, -0.15) is 5.10 Å². The summed E-state index contributed by atoms with van der Waals surface area (Å²) in [6.07, 6.45) is 2.95. The Hall–Kier alpha value is -1.11. The molecule has 1 aliphatic heterocycles. The van der Waals surface area contributed by atoms with E-state index in [1.807, 2.05) is 0 Å². The zero-order valence-electron chi connectivity index (χ0n) is 8.97. The number of halogens is 1. The molecule has 2 rings (SSSR count). The standard InChI is InChI=1S/C9H14N4O2.ClH/c1-13-6-7(4-11-13)12-9(14)8-5-10-2-3-15-8;/h4,6,8,10H,2-3,5H2,1H3,(H,12,14);1H/t8-;/m1./s1. The fourth-order valence-corrected chi connectivity index (χ4v) is 1.44. The summed E-state index contributed by atoms with van der Waals surface area (Å²) < 4.78 is 6.95. The van der Waals surface area contributed by atoms with Gasteiger partial charge in [-0.3, -0.25) is 9.48 Å². The summed E-state index contributed by atoms with van der Waals surface area (Å²) >= 11 is 0. The highest BCUT2D eigenvalue weighted by Gasteiger charge is 2.21. The number of hydrogen-bond donors (Lipinski definition) is 2. The molecule has 0 aliphatic carbocycles. The molecule has 0 spiro atoms. The number of ether oxygens (including phenoxy) is 1. The van der Waals surface area contributed by atoms with Crippen molar-refractivity contribution in [3.8, 4) is 0 Å². The van der Waals surface area contributed by atoms with Crippen LogP contribution in [0.2, 0.25) is 0 Å². The molecule has 1 atom stereocenters. The average Bonchev–Trinajstić information content (AvgIpc) is 2.65. The van der Waals surface area contributed by atoms with Crippen LogP contribution in [0.1, 0.15) is 0 Å². The van der Waals surface area contributed by atoms with Crippen LogP contribution in [-0.2, 0) is 16.6 Å². The van der Waals surface area contributed by atoms with Gasteiger partial charge in [-0.05, 0) is 0 Å². The largest absolute Gasteiger partial charge is 0.366 e. The van der Waals surface area contributed by atoms with Crippen molar-refractivity contribution in [2.75, 3.05) is 25.0 Å². The first kappa shape index (κ1) is 13.0. The van der Waals surface area contributed by atoms with Crippen molar-refractivity contribution in [1.29, 1.82) is 0 Å². The van der Waals surface area contributed by atoms with Gasteiger partial charge < -0.3 is 15.4 Å². The Kier molecular flexibility index (Phi) is 4.72. The lowest BCUT2D eigenvalue weighted by molar-refractivity contribution is -0.128. The van der Waals surface area contributed by atoms with Crippen LogP contribution in [-0.4, -0.2) is 41.5 Å². The maximum Gasteiger partial charge on any atom is 0.254 e. The van der Waals surface area contributed by atoms with Gasteiger partial charge in [-0.1, -0.05) is 0 Å². The summed E-state index contributed by atoms with van der Waals surface area (Å²) in [4.78, 5) is 11.7. The number of morpholine rings is 1. The van der Waals surface area contributed by atoms with Crippen LogP contribution in [0.15, 0.2) is 12.4 Å². The Morgan fingerprint density at radius 2 is 2.56 bits per heavy atom. The molecule has 6 nitrogen and oxygen atoms in total. The molecule has 1 aromatic rings. The quantitative estimate of drug-likeness (QED) is 0.757. The summed E-state index contributed by atoms with van der Waals surface area (Å²) in [5, 5.41) is 9.81. The Bertz CT molecular complexity index is 349. The van der Waals surface area contributed by atoms with E-state index in [0.29, 0.717) is 18.8 Å². The zero-order valence-corrected chi connectivity index (χ0v) is 9.79. The monoisotopic (exact) mass is 246 g/mol. The number of carbonyl (C=O) groups excluding carboxylic acids is 1. The first-order chi connectivity index (χ1) is 7.25. The van der Waals surface area contributed by atoms with Crippen LogP contribution < -0.4 is 10.6 Å². The van der Waals surface area contributed by atoms with Crippen molar-refractivity contribution in [1.82, 2.24) is 15.1 Å². The minimum Gasteiger partial charge on any atom is -0.366 e. The lowest BCUT2D eigenvalue weighted by atomic mass is 10.3. The third-order valence-corrected chi connectivity index (χ3v) is 2.19. The van der Waals surface area contributed by atoms with Gasteiger partial charge in [0, 0.05) is 26.3 Å². The van der Waals surface area contributed by atoms with Crippen LogP contribution in [0.25, 0.3) is 0 Å². The van der Waals surface area contributed by atoms with E-state index < -0.39 is 6.10 Å². The first-order valence-electron chi connectivity index (χ1n) is 4.87. The molecule has 1 fully saturated rings. The third kappa shape index (κ3) is 3.19. The van der Waals surface area contributed by atoms with E-state index in [1.165, 1.54) is 0 Å². The van der Waals surface area contributed by atoms with Crippen molar-refractivity contribution >= 4 is 24.0 Å². The molecule has 0 unspecified atom stereocenters. The van der Waals surface area contributed by atoms with Crippen LogP contribution in [0.4, 0.5) is 5.69 Å². The zero-order chi connectivity index (χ0) is 10.7. The van der Waals surface area contributed by atoms with E-state index in [1.54, 1.807) is 24.1 Å². The highest BCUT2D eigenvalue weighted by Crippen LogP contribution is 2.06. The molecule has 2 heterocycles. The van der Waals surface area contributed by atoms with Crippen molar-refractivity contribution in [3.05, 3.63) is 12.4 Å². The van der Waals surface area contributed by atoms with Crippen LogP contribution >= 0.6 is 12.4 Å². The number of carbonyl (C=O) groups is 1. The highest BCUT2D eigenvalue weighted by atomic mass is 35.5. The van der Waals surface area contributed by atoms with E-state index >= 15 is 0 Å². The number of aryl methyl sites for hydroxylation is 1. The molecule has 16 heavy (non-hydrogen) atoms. The van der Waals surface area contributed by atoms with Crippen LogP contribution in [0.5, 0.6) is 0 Å². The summed E-state index contributed by atoms with van der Waals surface area (Å²) in [6, 6.07) is 0. The van der Waals surface area contributed by atoms with E-state index in [0.717, 1.165) is 6.54 Å². The van der Waals surface area contributed by atoms with Gasteiger partial charge in [0.15, 0.2) is 0 Å². The predicted molar refractivity (Wildman–Crippen MR) is 61.7 cm³/mol. The lowest BCUT2D eigenvalue weighted by Gasteiger charge is -2.22. The van der Waals surface area contributed by atoms with Crippen LogP contribution in [0.3, 0.4) is 0 Å². The molecule has 0 aromatic carbocycles. The Balaban J connectivity index is 0.00000128. The molecule has 1 saturated heterocycles. The molecule has 0 radical (unpaired) electrons.